The summed E-state index contributed by atoms with van der Waals surface area (Å²) in [5, 5.41) is 0. The molecule has 1 nitrogen and oxygen atoms in total. The van der Waals surface area contributed by atoms with Gasteiger partial charge < -0.3 is 4.90 Å². The summed E-state index contributed by atoms with van der Waals surface area (Å²) in [5.41, 5.74) is 26.1. The molecule has 0 bridgehead atoms. The van der Waals surface area contributed by atoms with Gasteiger partial charge in [-0.15, -0.1) is 0 Å². The van der Waals surface area contributed by atoms with E-state index in [4.69, 9.17) is 0 Å². The second-order valence-electron chi connectivity index (χ2n) is 18.1. The normalized spacial score (nSPS) is 13.0. The Bertz CT molecular complexity index is 3370. The van der Waals surface area contributed by atoms with E-state index < -0.39 is 5.41 Å². The van der Waals surface area contributed by atoms with E-state index in [2.05, 4.69) is 255 Å². The van der Waals surface area contributed by atoms with E-state index in [0.717, 1.165) is 24.2 Å². The zero-order chi connectivity index (χ0) is 44.2. The Balaban J connectivity index is 1.12. The third-order valence-electron chi connectivity index (χ3n) is 14.3. The standard InChI is InChI=1S/C65H49N/c1-44-38-50(46-20-6-3-7-21-46)39-45(2)64(44)66(55-35-37-61-60-32-18-19-33-62(60)65(63(61)43-55,52-25-8-4-9-26-52)53-27-10-5-11-28-53)54-34-36-59-51(42-54)41-49-24-14-16-30-57(49)56-29-15-12-22-47(56)40-48-23-13-17-31-58(48)59/h3-39,42-43H,40-41H2,1-2H3. The largest absolute Gasteiger partial charge is 0.310 e. The second-order valence-corrected chi connectivity index (χ2v) is 18.1. The smallest absolute Gasteiger partial charge is 0.0714 e. The first-order valence-electron chi connectivity index (χ1n) is 23.3. The lowest BCUT2D eigenvalue weighted by Crippen LogP contribution is -2.28. The second kappa shape index (κ2) is 16.2. The van der Waals surface area contributed by atoms with Gasteiger partial charge in [0.1, 0.15) is 0 Å². The minimum atomic E-state index is -0.524. The predicted molar refractivity (Wildman–Crippen MR) is 276 cm³/mol. The average Bonchev–Trinajstić information content (AvgIpc) is 3.67. The van der Waals surface area contributed by atoms with Crippen molar-refractivity contribution in [2.24, 2.45) is 0 Å². The number of benzene rings is 10. The Labute approximate surface area is 389 Å². The molecular weight excluding hydrogens is 795 g/mol. The molecule has 66 heavy (non-hydrogen) atoms. The van der Waals surface area contributed by atoms with E-state index in [-0.39, 0.29) is 0 Å². The molecule has 0 N–H and O–H groups in total. The lowest BCUT2D eigenvalue weighted by molar-refractivity contribution is 0.768. The van der Waals surface area contributed by atoms with Crippen LogP contribution >= 0.6 is 0 Å². The van der Waals surface area contributed by atoms with E-state index >= 15 is 0 Å². The first-order chi connectivity index (χ1) is 32.6. The molecule has 2 aliphatic rings. The van der Waals surface area contributed by atoms with Gasteiger partial charge in [-0.2, -0.15) is 0 Å². The van der Waals surface area contributed by atoms with E-state index in [1.165, 1.54) is 106 Å². The molecule has 0 saturated carbocycles. The molecule has 10 aromatic carbocycles. The van der Waals surface area contributed by atoms with Crippen molar-refractivity contribution in [2.45, 2.75) is 32.1 Å². The summed E-state index contributed by atoms with van der Waals surface area (Å²) in [6.45, 7) is 4.57. The van der Waals surface area contributed by atoms with Gasteiger partial charge in [0.15, 0.2) is 0 Å². The summed E-state index contributed by atoms with van der Waals surface area (Å²) in [7, 11) is 0. The van der Waals surface area contributed by atoms with Crippen LogP contribution in [0.1, 0.15) is 55.6 Å². The van der Waals surface area contributed by atoms with Crippen LogP contribution in [0.2, 0.25) is 0 Å². The van der Waals surface area contributed by atoms with Crippen molar-refractivity contribution in [3.8, 4) is 44.5 Å². The Morgan fingerprint density at radius 3 is 1.29 bits per heavy atom. The van der Waals surface area contributed by atoms with Gasteiger partial charge in [0.05, 0.1) is 11.1 Å². The molecule has 0 saturated heterocycles. The van der Waals surface area contributed by atoms with Crippen LogP contribution in [0.25, 0.3) is 44.5 Å². The fourth-order valence-corrected chi connectivity index (χ4v) is 11.4. The SMILES string of the molecule is Cc1cc(-c2ccccc2)cc(C)c1N(c1ccc2c(c1)Cc1ccccc1-c1ccccc1Cc1ccccc1-2)c1ccc2c(c1)C(c1ccccc1)(c1ccccc1)c1ccccc1-2. The number of anilines is 3. The van der Waals surface area contributed by atoms with Gasteiger partial charge in [0.25, 0.3) is 0 Å². The summed E-state index contributed by atoms with van der Waals surface area (Å²) in [5.74, 6) is 0. The molecule has 0 aromatic heterocycles. The molecule has 0 atom stereocenters. The van der Waals surface area contributed by atoms with Crippen molar-refractivity contribution in [3.05, 3.63) is 292 Å². The third kappa shape index (κ3) is 6.45. The number of hydrogen-bond acceptors (Lipinski definition) is 1. The number of nitrogens with zero attached hydrogens (tertiary/aromatic N) is 1. The fraction of sp³-hybridized carbons (Fsp3) is 0.0769. The molecule has 0 unspecified atom stereocenters. The van der Waals surface area contributed by atoms with Crippen molar-refractivity contribution in [2.75, 3.05) is 4.90 Å². The molecular formula is C65H49N. The van der Waals surface area contributed by atoms with Gasteiger partial charge in [-0.25, -0.2) is 0 Å². The maximum Gasteiger partial charge on any atom is 0.0714 e. The Hall–Kier alpha value is -8.00. The van der Waals surface area contributed by atoms with Crippen LogP contribution < -0.4 is 4.90 Å². The van der Waals surface area contributed by atoms with Gasteiger partial charge in [0.2, 0.25) is 0 Å². The van der Waals surface area contributed by atoms with Crippen molar-refractivity contribution >= 4 is 17.1 Å². The highest BCUT2D eigenvalue weighted by molar-refractivity contribution is 5.91. The summed E-state index contributed by atoms with van der Waals surface area (Å²) < 4.78 is 0. The van der Waals surface area contributed by atoms with Gasteiger partial charge in [-0.1, -0.05) is 200 Å². The van der Waals surface area contributed by atoms with E-state index in [1.807, 2.05) is 0 Å². The molecule has 1 heteroatoms. The van der Waals surface area contributed by atoms with Crippen LogP contribution in [0.4, 0.5) is 17.1 Å². The lowest BCUT2D eigenvalue weighted by atomic mass is 9.67. The first kappa shape index (κ1) is 39.6. The molecule has 0 fully saturated rings. The maximum atomic E-state index is 2.55. The van der Waals surface area contributed by atoms with Crippen LogP contribution in [0.5, 0.6) is 0 Å². The highest BCUT2D eigenvalue weighted by Gasteiger charge is 2.46. The van der Waals surface area contributed by atoms with Gasteiger partial charge in [-0.3, -0.25) is 0 Å². The number of hydrogen-bond donors (Lipinski definition) is 0. The number of aryl methyl sites for hydroxylation is 2. The van der Waals surface area contributed by atoms with Crippen LogP contribution in [0.15, 0.2) is 237 Å². The van der Waals surface area contributed by atoms with Crippen LogP contribution in [0.3, 0.4) is 0 Å². The Morgan fingerprint density at radius 1 is 0.318 bits per heavy atom. The molecule has 0 radical (unpaired) electrons. The van der Waals surface area contributed by atoms with E-state index in [0.29, 0.717) is 0 Å². The average molecular weight is 844 g/mol. The van der Waals surface area contributed by atoms with Crippen molar-refractivity contribution in [1.29, 1.82) is 0 Å². The maximum absolute atomic E-state index is 2.55. The minimum Gasteiger partial charge on any atom is -0.310 e. The van der Waals surface area contributed by atoms with Crippen molar-refractivity contribution < 1.29 is 0 Å². The Kier molecular flexibility index (Phi) is 9.72. The van der Waals surface area contributed by atoms with Gasteiger partial charge in [0, 0.05) is 11.4 Å². The molecule has 0 aliphatic heterocycles. The van der Waals surface area contributed by atoms with Crippen molar-refractivity contribution in [1.82, 2.24) is 0 Å². The third-order valence-corrected chi connectivity index (χ3v) is 14.3. The Morgan fingerprint density at radius 2 is 0.727 bits per heavy atom. The van der Waals surface area contributed by atoms with E-state index in [1.54, 1.807) is 0 Å². The van der Waals surface area contributed by atoms with Gasteiger partial charge in [-0.05, 0) is 163 Å². The molecule has 0 heterocycles. The van der Waals surface area contributed by atoms with Crippen LogP contribution in [0, 0.1) is 13.8 Å². The molecule has 12 rings (SSSR count). The summed E-state index contributed by atoms with van der Waals surface area (Å²) in [6, 6.07) is 88.4. The number of rotatable bonds is 6. The molecule has 10 aromatic rings. The highest BCUT2D eigenvalue weighted by Crippen LogP contribution is 2.57. The summed E-state index contributed by atoms with van der Waals surface area (Å²) >= 11 is 0. The molecule has 314 valence electrons. The van der Waals surface area contributed by atoms with Crippen LogP contribution in [-0.2, 0) is 18.3 Å². The van der Waals surface area contributed by atoms with Gasteiger partial charge >= 0.3 is 0 Å². The molecule has 0 spiro atoms. The van der Waals surface area contributed by atoms with Crippen molar-refractivity contribution in [3.63, 3.8) is 0 Å². The molecule has 2 aliphatic carbocycles. The first-order valence-corrected chi connectivity index (χ1v) is 23.3. The molecule has 0 amide bonds. The summed E-state index contributed by atoms with van der Waals surface area (Å²) in [4.78, 5) is 2.55. The fourth-order valence-electron chi connectivity index (χ4n) is 11.4. The lowest BCUT2D eigenvalue weighted by Gasteiger charge is -2.35. The zero-order valence-electron chi connectivity index (χ0n) is 37.4. The highest BCUT2D eigenvalue weighted by atomic mass is 15.1. The van der Waals surface area contributed by atoms with Crippen LogP contribution in [-0.4, -0.2) is 0 Å². The zero-order valence-corrected chi connectivity index (χ0v) is 37.4. The predicted octanol–water partition coefficient (Wildman–Crippen LogP) is 16.6. The minimum absolute atomic E-state index is 0.524. The monoisotopic (exact) mass is 843 g/mol. The van der Waals surface area contributed by atoms with E-state index in [9.17, 15) is 0 Å². The number of fused-ring (bicyclic) bond motifs is 9. The summed E-state index contributed by atoms with van der Waals surface area (Å²) in [6.07, 6.45) is 1.66. The topological polar surface area (TPSA) is 3.24 Å². The quantitative estimate of drug-likeness (QED) is 0.161.